The second-order valence-corrected chi connectivity index (χ2v) is 5.39. The monoisotopic (exact) mass is 330 g/mol. The lowest BCUT2D eigenvalue weighted by Gasteiger charge is -2.20. The highest BCUT2D eigenvalue weighted by molar-refractivity contribution is 6.02. The SMILES string of the molecule is CCN(CC)C(=O)c1cc([NH+]([O-])O)c(=O)n2c1[nH]c1ccccc12. The van der Waals surface area contributed by atoms with E-state index < -0.39 is 16.5 Å². The van der Waals surface area contributed by atoms with Crippen molar-refractivity contribution in [2.24, 2.45) is 0 Å². The Hall–Kier alpha value is -2.68. The second kappa shape index (κ2) is 6.08. The molecule has 0 saturated carbocycles. The normalized spacial score (nSPS) is 12.7. The Labute approximate surface area is 137 Å². The number of benzene rings is 1. The van der Waals surface area contributed by atoms with Gasteiger partial charge in [-0.3, -0.25) is 14.0 Å². The van der Waals surface area contributed by atoms with Crippen molar-refractivity contribution < 1.29 is 15.2 Å². The summed E-state index contributed by atoms with van der Waals surface area (Å²) < 4.78 is 1.26. The Morgan fingerprint density at radius 2 is 2.00 bits per heavy atom. The van der Waals surface area contributed by atoms with Crippen LogP contribution in [0.2, 0.25) is 0 Å². The summed E-state index contributed by atoms with van der Waals surface area (Å²) in [5.74, 6) is -0.313. The van der Waals surface area contributed by atoms with Gasteiger partial charge in [-0.15, -0.1) is 0 Å². The number of amides is 1. The summed E-state index contributed by atoms with van der Waals surface area (Å²) in [5, 5.41) is 19.5. The molecule has 0 fully saturated rings. The highest BCUT2D eigenvalue weighted by Crippen LogP contribution is 2.20. The van der Waals surface area contributed by atoms with Crippen molar-refractivity contribution in [3.8, 4) is 0 Å². The van der Waals surface area contributed by atoms with Crippen LogP contribution in [-0.2, 0) is 0 Å². The van der Waals surface area contributed by atoms with E-state index in [9.17, 15) is 20.0 Å². The summed E-state index contributed by atoms with van der Waals surface area (Å²) in [6, 6.07) is 8.19. The van der Waals surface area contributed by atoms with Crippen molar-refractivity contribution in [2.75, 3.05) is 13.1 Å². The van der Waals surface area contributed by atoms with Crippen molar-refractivity contribution in [3.05, 3.63) is 51.5 Å². The molecule has 1 aromatic carbocycles. The van der Waals surface area contributed by atoms with Gasteiger partial charge >= 0.3 is 5.56 Å². The number of rotatable bonds is 4. The van der Waals surface area contributed by atoms with Gasteiger partial charge in [0, 0.05) is 19.2 Å². The van der Waals surface area contributed by atoms with E-state index >= 15 is 0 Å². The van der Waals surface area contributed by atoms with E-state index in [1.54, 1.807) is 29.2 Å². The van der Waals surface area contributed by atoms with Crippen molar-refractivity contribution in [1.82, 2.24) is 14.3 Å². The van der Waals surface area contributed by atoms with Crippen LogP contribution < -0.4 is 10.8 Å². The lowest BCUT2D eigenvalue weighted by Crippen LogP contribution is -3.00. The van der Waals surface area contributed by atoms with Crippen LogP contribution in [0.4, 0.5) is 5.69 Å². The number of hydrogen-bond donors (Lipinski definition) is 3. The molecule has 0 aliphatic carbocycles. The molecule has 3 rings (SSSR count). The van der Waals surface area contributed by atoms with Gasteiger partial charge in [0.1, 0.15) is 5.65 Å². The fourth-order valence-electron chi connectivity index (χ4n) is 2.87. The molecule has 0 bridgehead atoms. The molecular formula is C16H18N4O4. The molecule has 8 nitrogen and oxygen atoms in total. The van der Waals surface area contributed by atoms with E-state index in [2.05, 4.69) is 4.98 Å². The lowest BCUT2D eigenvalue weighted by atomic mass is 10.2. The first kappa shape index (κ1) is 16.2. The van der Waals surface area contributed by atoms with Crippen LogP contribution in [0.25, 0.3) is 16.7 Å². The van der Waals surface area contributed by atoms with Gasteiger partial charge in [-0.05, 0) is 26.0 Å². The third-order valence-corrected chi connectivity index (χ3v) is 4.11. The number of carbonyl (C=O) groups excluding carboxylic acids is 1. The van der Waals surface area contributed by atoms with Gasteiger partial charge in [0.2, 0.25) is 5.69 Å². The Bertz CT molecular complexity index is 969. The minimum atomic E-state index is -1.35. The standard InChI is InChI=1S/C16H18N4O4/c1-3-18(4-2)15(21)10-9-13(20(23)24)16(22)19-12-8-6-5-7-11(12)17-14(10)19/h5-9,17,20,23H,3-4H2,1-2H3. The summed E-state index contributed by atoms with van der Waals surface area (Å²) in [4.78, 5) is 30.0. The minimum Gasteiger partial charge on any atom is -0.595 e. The summed E-state index contributed by atoms with van der Waals surface area (Å²) in [7, 11) is 0. The number of hydrogen-bond acceptors (Lipinski definition) is 4. The topological polar surface area (TPSA) is 105 Å². The molecule has 8 heteroatoms. The summed E-state index contributed by atoms with van der Waals surface area (Å²) >= 11 is 0. The van der Waals surface area contributed by atoms with Crippen molar-refractivity contribution in [3.63, 3.8) is 0 Å². The van der Waals surface area contributed by atoms with E-state index in [-0.39, 0.29) is 11.5 Å². The molecule has 0 saturated heterocycles. The average Bonchev–Trinajstić information content (AvgIpc) is 2.95. The molecule has 2 heterocycles. The maximum Gasteiger partial charge on any atom is 0.321 e. The number of carbonyl (C=O) groups is 1. The number of imidazole rings is 1. The molecule has 24 heavy (non-hydrogen) atoms. The van der Waals surface area contributed by atoms with Crippen LogP contribution in [-0.4, -0.2) is 38.5 Å². The molecule has 126 valence electrons. The molecule has 0 radical (unpaired) electrons. The first-order valence-corrected chi connectivity index (χ1v) is 7.68. The zero-order valence-corrected chi connectivity index (χ0v) is 13.4. The Kier molecular flexibility index (Phi) is 4.10. The Morgan fingerprint density at radius 3 is 2.62 bits per heavy atom. The summed E-state index contributed by atoms with van der Waals surface area (Å²) in [6.07, 6.45) is 0. The van der Waals surface area contributed by atoms with E-state index in [1.165, 1.54) is 4.40 Å². The highest BCUT2D eigenvalue weighted by Gasteiger charge is 2.24. The third kappa shape index (κ3) is 2.37. The van der Waals surface area contributed by atoms with E-state index in [0.29, 0.717) is 29.8 Å². The first-order valence-electron chi connectivity index (χ1n) is 7.68. The van der Waals surface area contributed by atoms with Crippen LogP contribution in [0.15, 0.2) is 35.1 Å². The first-order chi connectivity index (χ1) is 11.5. The number of nitrogens with zero attached hydrogens (tertiary/aromatic N) is 2. The van der Waals surface area contributed by atoms with Gasteiger partial charge in [0.25, 0.3) is 5.91 Å². The van der Waals surface area contributed by atoms with Gasteiger partial charge < -0.3 is 15.1 Å². The number of quaternary nitrogens is 1. The van der Waals surface area contributed by atoms with E-state index in [0.717, 1.165) is 6.07 Å². The maximum absolute atomic E-state index is 12.8. The lowest BCUT2D eigenvalue weighted by molar-refractivity contribution is -0.991. The van der Waals surface area contributed by atoms with Crippen LogP contribution in [0.5, 0.6) is 0 Å². The molecular weight excluding hydrogens is 312 g/mol. The van der Waals surface area contributed by atoms with E-state index in [1.807, 2.05) is 13.8 Å². The largest absolute Gasteiger partial charge is 0.595 e. The van der Waals surface area contributed by atoms with Gasteiger partial charge in [0.05, 0.1) is 16.6 Å². The fourth-order valence-corrected chi connectivity index (χ4v) is 2.87. The van der Waals surface area contributed by atoms with Gasteiger partial charge in [0.15, 0.2) is 0 Å². The average molecular weight is 330 g/mol. The molecule has 2 aromatic heterocycles. The predicted octanol–water partition coefficient (Wildman–Crippen LogP) is 0.666. The zero-order chi connectivity index (χ0) is 17.4. The number of aromatic nitrogens is 2. The third-order valence-electron chi connectivity index (χ3n) is 4.11. The fraction of sp³-hybridized carbons (Fsp3) is 0.250. The second-order valence-electron chi connectivity index (χ2n) is 5.39. The molecule has 1 unspecified atom stereocenters. The molecule has 0 aliphatic heterocycles. The number of aromatic amines is 1. The van der Waals surface area contributed by atoms with Crippen LogP contribution >= 0.6 is 0 Å². The number of H-pyrrole nitrogens is 1. The molecule has 3 aromatic rings. The van der Waals surface area contributed by atoms with Crippen molar-refractivity contribution >= 4 is 28.3 Å². The predicted molar refractivity (Wildman–Crippen MR) is 88.6 cm³/mol. The van der Waals surface area contributed by atoms with Crippen molar-refractivity contribution in [2.45, 2.75) is 13.8 Å². The van der Waals surface area contributed by atoms with Gasteiger partial charge in [-0.2, -0.15) is 5.23 Å². The quantitative estimate of drug-likeness (QED) is 0.611. The molecule has 0 aliphatic rings. The molecule has 1 atom stereocenters. The highest BCUT2D eigenvalue weighted by atomic mass is 16.8. The van der Waals surface area contributed by atoms with Crippen molar-refractivity contribution in [1.29, 1.82) is 0 Å². The van der Waals surface area contributed by atoms with Gasteiger partial charge in [-0.1, -0.05) is 12.1 Å². The van der Waals surface area contributed by atoms with Crippen LogP contribution in [0.3, 0.4) is 0 Å². The van der Waals surface area contributed by atoms with E-state index in [4.69, 9.17) is 0 Å². The Morgan fingerprint density at radius 1 is 1.33 bits per heavy atom. The molecule has 3 N–H and O–H groups in total. The number of fused-ring (bicyclic) bond motifs is 3. The molecule has 0 spiro atoms. The number of pyridine rings is 1. The van der Waals surface area contributed by atoms with Crippen LogP contribution in [0, 0.1) is 5.21 Å². The summed E-state index contributed by atoms with van der Waals surface area (Å²) in [5.41, 5.74) is 0.591. The number of nitrogens with one attached hydrogen (secondary N) is 2. The van der Waals surface area contributed by atoms with Crippen LogP contribution in [0.1, 0.15) is 24.2 Å². The molecule has 1 amide bonds. The summed E-state index contributed by atoms with van der Waals surface area (Å²) in [6.45, 7) is 4.67. The smallest absolute Gasteiger partial charge is 0.321 e. The minimum absolute atomic E-state index is 0.173. The zero-order valence-electron chi connectivity index (χ0n) is 13.4. The van der Waals surface area contributed by atoms with Gasteiger partial charge in [-0.25, -0.2) is 5.21 Å². The Balaban J connectivity index is 2.42. The maximum atomic E-state index is 12.8. The number of para-hydroxylation sites is 2.